The van der Waals surface area contributed by atoms with Gasteiger partial charge in [-0.2, -0.15) is 0 Å². The van der Waals surface area contributed by atoms with E-state index in [9.17, 15) is 9.59 Å². The quantitative estimate of drug-likeness (QED) is 0.874. The number of benzene rings is 1. The smallest absolute Gasteiger partial charge is 0.317 e. The molecule has 1 aromatic carbocycles. The molecule has 6 nitrogen and oxygen atoms in total. The van der Waals surface area contributed by atoms with Crippen LogP contribution in [0.1, 0.15) is 37.7 Å². The molecule has 24 heavy (non-hydrogen) atoms. The number of methoxy groups -OCH3 is 1. The lowest BCUT2D eigenvalue weighted by molar-refractivity contribution is -0.120. The predicted molar refractivity (Wildman–Crippen MR) is 90.3 cm³/mol. The van der Waals surface area contributed by atoms with E-state index in [1.165, 1.54) is 12.8 Å². The molecule has 6 heteroatoms. The third kappa shape index (κ3) is 2.32. The van der Waals surface area contributed by atoms with E-state index in [1.54, 1.807) is 12.0 Å². The van der Waals surface area contributed by atoms with Crippen LogP contribution in [-0.2, 0) is 10.2 Å². The molecule has 1 spiro atoms. The number of anilines is 1. The number of ether oxygens (including phenoxy) is 1. The van der Waals surface area contributed by atoms with Crippen molar-refractivity contribution in [3.63, 3.8) is 0 Å². The van der Waals surface area contributed by atoms with Crippen molar-refractivity contribution in [3.8, 4) is 5.75 Å². The summed E-state index contributed by atoms with van der Waals surface area (Å²) in [5, 5.41) is 6.08. The van der Waals surface area contributed by atoms with Crippen molar-refractivity contribution in [1.29, 1.82) is 0 Å². The van der Waals surface area contributed by atoms with Crippen LogP contribution in [0.25, 0.3) is 0 Å². The number of urea groups is 1. The van der Waals surface area contributed by atoms with Gasteiger partial charge in [-0.3, -0.25) is 4.79 Å². The highest BCUT2D eigenvalue weighted by atomic mass is 16.5. The molecule has 0 radical (unpaired) electrons. The normalized spacial score (nSPS) is 25.9. The van der Waals surface area contributed by atoms with Crippen molar-refractivity contribution < 1.29 is 14.3 Å². The highest BCUT2D eigenvalue weighted by Crippen LogP contribution is 2.45. The van der Waals surface area contributed by atoms with E-state index in [0.717, 1.165) is 29.8 Å². The lowest BCUT2D eigenvalue weighted by Gasteiger charge is -2.24. The zero-order valence-corrected chi connectivity index (χ0v) is 13.9. The minimum Gasteiger partial charge on any atom is -0.497 e. The zero-order chi connectivity index (χ0) is 16.7. The first-order valence-electron chi connectivity index (χ1n) is 8.68. The fourth-order valence-electron chi connectivity index (χ4n) is 4.24. The van der Waals surface area contributed by atoms with E-state index < -0.39 is 5.41 Å². The van der Waals surface area contributed by atoms with Crippen LogP contribution < -0.4 is 15.4 Å². The molecule has 1 aromatic rings. The summed E-state index contributed by atoms with van der Waals surface area (Å²) in [6.45, 7) is 1.03. The minimum atomic E-state index is -0.642. The first-order chi connectivity index (χ1) is 11.6. The van der Waals surface area contributed by atoms with Crippen LogP contribution in [0.4, 0.5) is 10.5 Å². The molecular formula is C18H23N3O3. The highest BCUT2D eigenvalue weighted by molar-refractivity contribution is 6.07. The Bertz CT molecular complexity index is 684. The molecule has 1 saturated carbocycles. The summed E-state index contributed by atoms with van der Waals surface area (Å²) in [6.07, 6.45) is 5.14. The number of fused-ring (bicyclic) bond motifs is 2. The summed E-state index contributed by atoms with van der Waals surface area (Å²) in [5.41, 5.74) is 1.14. The SMILES string of the molecule is COc1ccc2c(c1)C1(CCN(C(=O)NC3CCCC3)C1)C(=O)N2. The third-order valence-electron chi connectivity index (χ3n) is 5.66. The Kier molecular flexibility index (Phi) is 3.62. The van der Waals surface area contributed by atoms with Crippen molar-refractivity contribution in [3.05, 3.63) is 23.8 Å². The van der Waals surface area contributed by atoms with Gasteiger partial charge < -0.3 is 20.3 Å². The zero-order valence-electron chi connectivity index (χ0n) is 13.9. The third-order valence-corrected chi connectivity index (χ3v) is 5.66. The monoisotopic (exact) mass is 329 g/mol. The van der Waals surface area contributed by atoms with E-state index in [0.29, 0.717) is 25.6 Å². The maximum Gasteiger partial charge on any atom is 0.317 e. The second-order valence-corrected chi connectivity index (χ2v) is 7.05. The number of amides is 3. The summed E-state index contributed by atoms with van der Waals surface area (Å²) in [4.78, 5) is 27.0. The van der Waals surface area contributed by atoms with Crippen LogP contribution in [0.3, 0.4) is 0 Å². The average Bonchev–Trinajstić information content (AvgIpc) is 3.29. The number of likely N-dealkylation sites (tertiary alicyclic amines) is 1. The molecule has 0 bridgehead atoms. The van der Waals surface area contributed by atoms with Crippen molar-refractivity contribution in [2.45, 2.75) is 43.6 Å². The van der Waals surface area contributed by atoms with Gasteiger partial charge in [0.2, 0.25) is 5.91 Å². The summed E-state index contributed by atoms with van der Waals surface area (Å²) < 4.78 is 5.31. The number of nitrogens with one attached hydrogen (secondary N) is 2. The second kappa shape index (κ2) is 5.69. The number of carbonyl (C=O) groups excluding carboxylic acids is 2. The summed E-state index contributed by atoms with van der Waals surface area (Å²) in [5.74, 6) is 0.723. The van der Waals surface area contributed by atoms with Gasteiger partial charge in [0, 0.05) is 24.8 Å². The van der Waals surface area contributed by atoms with Gasteiger partial charge in [-0.25, -0.2) is 4.79 Å². The Morgan fingerprint density at radius 1 is 1.38 bits per heavy atom. The largest absolute Gasteiger partial charge is 0.497 e. The molecule has 4 rings (SSSR count). The molecule has 128 valence electrons. The maximum absolute atomic E-state index is 12.7. The molecule has 1 unspecified atom stereocenters. The van der Waals surface area contributed by atoms with Crippen LogP contribution in [0, 0.1) is 0 Å². The average molecular weight is 329 g/mol. The second-order valence-electron chi connectivity index (χ2n) is 7.05. The lowest BCUT2D eigenvalue weighted by atomic mass is 9.81. The van der Waals surface area contributed by atoms with Crippen molar-refractivity contribution in [2.75, 3.05) is 25.5 Å². The fraction of sp³-hybridized carbons (Fsp3) is 0.556. The molecule has 2 heterocycles. The van der Waals surface area contributed by atoms with E-state index >= 15 is 0 Å². The number of nitrogens with zero attached hydrogens (tertiary/aromatic N) is 1. The van der Waals surface area contributed by atoms with Gasteiger partial charge in [0.1, 0.15) is 5.75 Å². The minimum absolute atomic E-state index is 0.0121. The molecule has 1 saturated heterocycles. The molecule has 1 atom stereocenters. The van der Waals surface area contributed by atoms with Gasteiger partial charge in [-0.15, -0.1) is 0 Å². The van der Waals surface area contributed by atoms with Crippen molar-refractivity contribution >= 4 is 17.6 Å². The van der Waals surface area contributed by atoms with Gasteiger partial charge in [-0.05, 0) is 43.0 Å². The standard InChI is InChI=1S/C18H23N3O3/c1-24-13-6-7-15-14(10-13)18(16(22)20-15)8-9-21(11-18)17(23)19-12-4-2-3-5-12/h6-7,10,12H,2-5,8-9,11H2,1H3,(H,19,23)(H,20,22). The van der Waals surface area contributed by atoms with Gasteiger partial charge >= 0.3 is 6.03 Å². The van der Waals surface area contributed by atoms with Crippen LogP contribution >= 0.6 is 0 Å². The number of carbonyl (C=O) groups is 2. The maximum atomic E-state index is 12.7. The molecule has 2 fully saturated rings. The molecule has 2 N–H and O–H groups in total. The Balaban J connectivity index is 1.55. The van der Waals surface area contributed by atoms with E-state index in [1.807, 2.05) is 18.2 Å². The van der Waals surface area contributed by atoms with E-state index in [-0.39, 0.29) is 11.9 Å². The molecule has 3 amide bonds. The van der Waals surface area contributed by atoms with E-state index in [2.05, 4.69) is 10.6 Å². The summed E-state index contributed by atoms with van der Waals surface area (Å²) in [6, 6.07) is 5.90. The topological polar surface area (TPSA) is 70.7 Å². The Hall–Kier alpha value is -2.24. The summed E-state index contributed by atoms with van der Waals surface area (Å²) >= 11 is 0. The Morgan fingerprint density at radius 2 is 2.17 bits per heavy atom. The van der Waals surface area contributed by atoms with Crippen molar-refractivity contribution in [1.82, 2.24) is 10.2 Å². The first-order valence-corrected chi connectivity index (χ1v) is 8.68. The lowest BCUT2D eigenvalue weighted by Crippen LogP contribution is -2.45. The van der Waals surface area contributed by atoms with E-state index in [4.69, 9.17) is 4.74 Å². The number of hydrogen-bond acceptors (Lipinski definition) is 3. The summed E-state index contributed by atoms with van der Waals surface area (Å²) in [7, 11) is 1.62. The molecule has 0 aromatic heterocycles. The van der Waals surface area contributed by atoms with Crippen LogP contribution in [0.5, 0.6) is 5.75 Å². The first kappa shape index (κ1) is 15.3. The Morgan fingerprint density at radius 3 is 2.92 bits per heavy atom. The van der Waals surface area contributed by atoms with Gasteiger partial charge in [0.15, 0.2) is 0 Å². The van der Waals surface area contributed by atoms with Gasteiger partial charge in [0.05, 0.1) is 12.5 Å². The highest BCUT2D eigenvalue weighted by Gasteiger charge is 2.52. The molecule has 1 aliphatic carbocycles. The number of rotatable bonds is 2. The molecule has 2 aliphatic heterocycles. The van der Waals surface area contributed by atoms with Crippen LogP contribution in [0.2, 0.25) is 0 Å². The predicted octanol–water partition coefficient (Wildman–Crippen LogP) is 2.24. The van der Waals surface area contributed by atoms with Gasteiger partial charge in [0.25, 0.3) is 0 Å². The van der Waals surface area contributed by atoms with Crippen LogP contribution in [0.15, 0.2) is 18.2 Å². The Labute approximate surface area is 141 Å². The fourth-order valence-corrected chi connectivity index (χ4v) is 4.24. The molecule has 3 aliphatic rings. The molecular weight excluding hydrogens is 306 g/mol. The van der Waals surface area contributed by atoms with Crippen LogP contribution in [-0.4, -0.2) is 43.1 Å². The van der Waals surface area contributed by atoms with Crippen molar-refractivity contribution in [2.24, 2.45) is 0 Å². The number of hydrogen-bond donors (Lipinski definition) is 2. The van der Waals surface area contributed by atoms with Gasteiger partial charge in [-0.1, -0.05) is 12.8 Å².